The second-order valence-electron chi connectivity index (χ2n) is 8.43. The summed E-state index contributed by atoms with van der Waals surface area (Å²) in [6.45, 7) is 11.6. The van der Waals surface area contributed by atoms with Crippen LogP contribution in [-0.2, 0) is 4.79 Å². The number of carbonyl (C=O) groups is 1. The van der Waals surface area contributed by atoms with Crippen LogP contribution in [0, 0.1) is 18.7 Å². The lowest BCUT2D eigenvalue weighted by Gasteiger charge is -2.38. The number of aryl methyl sites for hydroxylation is 1. The molecule has 1 atom stereocenters. The number of amides is 1. The molecular formula is C23H36FN5O. The van der Waals surface area contributed by atoms with Crippen LogP contribution in [0.25, 0.3) is 0 Å². The van der Waals surface area contributed by atoms with Crippen LogP contribution in [-0.4, -0.2) is 67.5 Å². The summed E-state index contributed by atoms with van der Waals surface area (Å²) in [5.74, 6) is 1.21. The van der Waals surface area contributed by atoms with Gasteiger partial charge >= 0.3 is 0 Å². The molecule has 0 bridgehead atoms. The van der Waals surface area contributed by atoms with Gasteiger partial charge in [0.25, 0.3) is 0 Å². The van der Waals surface area contributed by atoms with Crippen molar-refractivity contribution in [2.75, 3.05) is 45.8 Å². The van der Waals surface area contributed by atoms with E-state index in [-0.39, 0.29) is 11.9 Å². The average molecular weight is 418 g/mol. The summed E-state index contributed by atoms with van der Waals surface area (Å²) in [5, 5.41) is 6.63. The molecule has 1 unspecified atom stereocenters. The van der Waals surface area contributed by atoms with E-state index in [0.29, 0.717) is 23.9 Å². The van der Waals surface area contributed by atoms with Gasteiger partial charge in [-0.05, 0) is 50.8 Å². The normalized spacial score (nSPS) is 19.3. The molecule has 30 heavy (non-hydrogen) atoms. The van der Waals surface area contributed by atoms with E-state index >= 15 is 0 Å². The summed E-state index contributed by atoms with van der Waals surface area (Å²) in [6, 6.07) is 5.30. The number of nitrogens with one attached hydrogen (secondary N) is 2. The topological polar surface area (TPSA) is 60.0 Å². The van der Waals surface area contributed by atoms with E-state index in [1.165, 1.54) is 6.42 Å². The Morgan fingerprint density at radius 2 is 2.00 bits per heavy atom. The van der Waals surface area contributed by atoms with Crippen LogP contribution in [0.5, 0.6) is 0 Å². The third-order valence-corrected chi connectivity index (χ3v) is 6.22. The predicted molar refractivity (Wildman–Crippen MR) is 119 cm³/mol. The maximum Gasteiger partial charge on any atom is 0.225 e. The highest BCUT2D eigenvalue weighted by atomic mass is 19.1. The van der Waals surface area contributed by atoms with Gasteiger partial charge in [0.2, 0.25) is 5.91 Å². The van der Waals surface area contributed by atoms with Crippen molar-refractivity contribution in [1.29, 1.82) is 0 Å². The van der Waals surface area contributed by atoms with E-state index < -0.39 is 0 Å². The maximum absolute atomic E-state index is 13.9. The number of hydrogen-bond donors (Lipinski definition) is 2. The lowest BCUT2D eigenvalue weighted by Crippen LogP contribution is -2.51. The maximum atomic E-state index is 13.9. The summed E-state index contributed by atoms with van der Waals surface area (Å²) in [4.78, 5) is 21.5. The van der Waals surface area contributed by atoms with E-state index in [4.69, 9.17) is 4.99 Å². The Kier molecular flexibility index (Phi) is 8.08. The van der Waals surface area contributed by atoms with Crippen LogP contribution in [0.1, 0.15) is 50.3 Å². The van der Waals surface area contributed by atoms with E-state index in [9.17, 15) is 9.18 Å². The number of hydrogen-bond acceptors (Lipinski definition) is 3. The fraction of sp³-hybridized carbons (Fsp3) is 0.652. The van der Waals surface area contributed by atoms with Gasteiger partial charge in [-0.15, -0.1) is 0 Å². The number of aliphatic imine (C=N–C) groups is 1. The van der Waals surface area contributed by atoms with Gasteiger partial charge in [0.1, 0.15) is 5.82 Å². The van der Waals surface area contributed by atoms with Crippen molar-refractivity contribution in [3.05, 3.63) is 35.1 Å². The molecule has 1 aliphatic carbocycles. The average Bonchev–Trinajstić information content (AvgIpc) is 2.69. The van der Waals surface area contributed by atoms with Gasteiger partial charge in [0, 0.05) is 45.2 Å². The minimum atomic E-state index is -0.182. The van der Waals surface area contributed by atoms with Crippen LogP contribution in [0.3, 0.4) is 0 Å². The fourth-order valence-electron chi connectivity index (χ4n) is 3.90. The van der Waals surface area contributed by atoms with Gasteiger partial charge < -0.3 is 15.5 Å². The summed E-state index contributed by atoms with van der Waals surface area (Å²) in [7, 11) is 0. The van der Waals surface area contributed by atoms with Gasteiger partial charge in [0.15, 0.2) is 5.96 Å². The largest absolute Gasteiger partial charge is 0.357 e. The lowest BCUT2D eigenvalue weighted by atomic mass is 9.84. The van der Waals surface area contributed by atoms with Gasteiger partial charge in [-0.1, -0.05) is 18.6 Å². The highest BCUT2D eigenvalue weighted by molar-refractivity contribution is 5.80. The summed E-state index contributed by atoms with van der Waals surface area (Å²) < 4.78 is 13.9. The van der Waals surface area contributed by atoms with Crippen LogP contribution in [0.15, 0.2) is 23.2 Å². The summed E-state index contributed by atoms with van der Waals surface area (Å²) in [5.41, 5.74) is 1.55. The minimum Gasteiger partial charge on any atom is -0.357 e. The van der Waals surface area contributed by atoms with E-state index in [0.717, 1.165) is 63.6 Å². The molecule has 0 radical (unpaired) electrons. The van der Waals surface area contributed by atoms with Gasteiger partial charge in [-0.3, -0.25) is 14.7 Å². The Hall–Kier alpha value is -2.15. The zero-order valence-electron chi connectivity index (χ0n) is 18.6. The monoisotopic (exact) mass is 417 g/mol. The third kappa shape index (κ3) is 5.94. The molecule has 2 N–H and O–H groups in total. The van der Waals surface area contributed by atoms with Crippen molar-refractivity contribution in [3.8, 4) is 0 Å². The molecule has 2 fully saturated rings. The summed E-state index contributed by atoms with van der Waals surface area (Å²) in [6.07, 6.45) is 3.34. The molecule has 166 valence electrons. The number of guanidine groups is 1. The highest BCUT2D eigenvalue weighted by Crippen LogP contribution is 2.28. The van der Waals surface area contributed by atoms with Crippen molar-refractivity contribution in [2.24, 2.45) is 10.9 Å². The molecule has 3 rings (SSSR count). The van der Waals surface area contributed by atoms with Crippen molar-refractivity contribution in [2.45, 2.75) is 46.1 Å². The Morgan fingerprint density at radius 1 is 1.27 bits per heavy atom. The molecular weight excluding hydrogens is 381 g/mol. The Labute approximate surface area is 179 Å². The zero-order valence-corrected chi connectivity index (χ0v) is 18.6. The molecule has 0 spiro atoms. The second kappa shape index (κ2) is 10.8. The number of rotatable bonds is 7. The van der Waals surface area contributed by atoms with Crippen molar-refractivity contribution in [1.82, 2.24) is 20.4 Å². The first-order valence-corrected chi connectivity index (χ1v) is 11.3. The second-order valence-corrected chi connectivity index (χ2v) is 8.43. The molecule has 6 nitrogen and oxygen atoms in total. The molecule has 0 aromatic heterocycles. The number of benzene rings is 1. The van der Waals surface area contributed by atoms with Crippen molar-refractivity contribution >= 4 is 11.9 Å². The molecule has 2 aliphatic rings. The summed E-state index contributed by atoms with van der Waals surface area (Å²) >= 11 is 0. The van der Waals surface area contributed by atoms with Crippen molar-refractivity contribution in [3.63, 3.8) is 0 Å². The van der Waals surface area contributed by atoms with Crippen LogP contribution >= 0.6 is 0 Å². The van der Waals surface area contributed by atoms with Crippen LogP contribution in [0.2, 0.25) is 0 Å². The first kappa shape index (κ1) is 22.5. The number of nitrogens with zero attached hydrogens (tertiary/aromatic N) is 3. The van der Waals surface area contributed by atoms with Crippen LogP contribution in [0.4, 0.5) is 4.39 Å². The Bertz CT molecular complexity index is 741. The molecule has 7 heteroatoms. The smallest absolute Gasteiger partial charge is 0.225 e. The standard InChI is InChI=1S/C23H36FN5O/c1-4-25-23(27-18(3)20-9-8-17(2)21(24)16-20)26-10-11-28-12-14-29(15-13-28)22(30)19-6-5-7-19/h8-9,16,18-19H,4-7,10-15H2,1-3H3,(H2,25,26,27). The van der Waals surface area contributed by atoms with Gasteiger partial charge in [-0.25, -0.2) is 4.39 Å². The van der Waals surface area contributed by atoms with E-state index in [1.807, 2.05) is 30.9 Å². The minimum absolute atomic E-state index is 0.0426. The third-order valence-electron chi connectivity index (χ3n) is 6.22. The molecule has 1 saturated heterocycles. The first-order chi connectivity index (χ1) is 14.5. The zero-order chi connectivity index (χ0) is 21.5. The van der Waals surface area contributed by atoms with Crippen molar-refractivity contribution < 1.29 is 9.18 Å². The SMILES string of the molecule is CCNC(=NCCN1CCN(C(=O)C2CCC2)CC1)NC(C)c1ccc(C)c(F)c1. The van der Waals surface area contributed by atoms with Gasteiger partial charge in [0.05, 0.1) is 12.6 Å². The van der Waals surface area contributed by atoms with E-state index in [1.54, 1.807) is 13.0 Å². The number of carbonyl (C=O) groups excluding carboxylic acids is 1. The molecule has 1 aromatic rings. The molecule has 1 heterocycles. The molecule has 1 aliphatic heterocycles. The molecule has 1 aromatic carbocycles. The first-order valence-electron chi connectivity index (χ1n) is 11.3. The number of piperazine rings is 1. The Morgan fingerprint density at radius 3 is 2.60 bits per heavy atom. The predicted octanol–water partition coefficient (Wildman–Crippen LogP) is 2.69. The van der Waals surface area contributed by atoms with Crippen LogP contribution < -0.4 is 10.6 Å². The molecule has 1 amide bonds. The van der Waals surface area contributed by atoms with E-state index in [2.05, 4.69) is 15.5 Å². The Balaban J connectivity index is 1.45. The quantitative estimate of drug-likeness (QED) is 0.529. The number of halogens is 1. The highest BCUT2D eigenvalue weighted by Gasteiger charge is 2.30. The lowest BCUT2D eigenvalue weighted by molar-refractivity contribution is -0.139. The molecule has 1 saturated carbocycles. The fourth-order valence-corrected chi connectivity index (χ4v) is 3.90. The van der Waals surface area contributed by atoms with Gasteiger partial charge in [-0.2, -0.15) is 0 Å².